The van der Waals surface area contributed by atoms with Crippen LogP contribution in [0.3, 0.4) is 0 Å². The van der Waals surface area contributed by atoms with Crippen molar-refractivity contribution in [3.63, 3.8) is 0 Å². The molecule has 6 heteroatoms. The molecule has 1 aliphatic carbocycles. The van der Waals surface area contributed by atoms with E-state index in [9.17, 15) is 0 Å². The molecule has 1 aliphatic rings. The number of aliphatic imine (C=N–C) groups is 1. The molecule has 2 rings (SSSR count). The Morgan fingerprint density at radius 3 is 2.62 bits per heavy atom. The molecular weight excluding hydrogens is 413 g/mol. The van der Waals surface area contributed by atoms with Gasteiger partial charge in [-0.05, 0) is 49.5 Å². The van der Waals surface area contributed by atoms with E-state index in [0.717, 1.165) is 37.9 Å². The summed E-state index contributed by atoms with van der Waals surface area (Å²) in [5.41, 5.74) is 1.71. The Bertz CT molecular complexity index is 505. The molecule has 138 valence electrons. The van der Waals surface area contributed by atoms with E-state index in [1.54, 1.807) is 0 Å². The number of aryl methyl sites for hydroxylation is 2. The first-order chi connectivity index (χ1) is 11.0. The Morgan fingerprint density at radius 2 is 2.12 bits per heavy atom. The van der Waals surface area contributed by atoms with Crippen molar-refractivity contribution in [3.8, 4) is 0 Å². The summed E-state index contributed by atoms with van der Waals surface area (Å²) in [6.07, 6.45) is 10.4. The van der Waals surface area contributed by atoms with Gasteiger partial charge in [-0.25, -0.2) is 0 Å². The average Bonchev–Trinajstić information content (AvgIpc) is 2.88. The zero-order chi connectivity index (χ0) is 16.7. The van der Waals surface area contributed by atoms with Gasteiger partial charge in [-0.2, -0.15) is 5.10 Å². The Hall–Kier alpha value is -0.790. The van der Waals surface area contributed by atoms with Crippen molar-refractivity contribution >= 4 is 29.9 Å². The second kappa shape index (κ2) is 10.3. The largest absolute Gasteiger partial charge is 0.356 e. The molecule has 0 bridgehead atoms. The van der Waals surface area contributed by atoms with E-state index in [2.05, 4.69) is 47.7 Å². The maximum absolute atomic E-state index is 4.35. The summed E-state index contributed by atoms with van der Waals surface area (Å²) in [6, 6.07) is 0. The van der Waals surface area contributed by atoms with Crippen LogP contribution in [0.1, 0.15) is 51.5 Å². The van der Waals surface area contributed by atoms with Gasteiger partial charge < -0.3 is 10.6 Å². The average molecular weight is 447 g/mol. The predicted octanol–water partition coefficient (Wildman–Crippen LogP) is 3.58. The van der Waals surface area contributed by atoms with Gasteiger partial charge >= 0.3 is 0 Å². The maximum Gasteiger partial charge on any atom is 0.190 e. The molecule has 1 heterocycles. The second-order valence-electron chi connectivity index (χ2n) is 7.44. The van der Waals surface area contributed by atoms with Crippen molar-refractivity contribution in [1.29, 1.82) is 0 Å². The normalized spacial score (nSPS) is 16.5. The number of nitrogens with one attached hydrogen (secondary N) is 2. The number of guanidine groups is 1. The topological polar surface area (TPSA) is 54.2 Å². The van der Waals surface area contributed by atoms with E-state index < -0.39 is 0 Å². The van der Waals surface area contributed by atoms with E-state index in [1.165, 1.54) is 31.2 Å². The second-order valence-corrected chi connectivity index (χ2v) is 7.44. The molecule has 5 nitrogen and oxygen atoms in total. The first-order valence-corrected chi connectivity index (χ1v) is 8.97. The molecule has 0 aromatic carbocycles. The van der Waals surface area contributed by atoms with Crippen LogP contribution < -0.4 is 10.6 Å². The van der Waals surface area contributed by atoms with Crippen molar-refractivity contribution in [2.24, 2.45) is 16.3 Å². The van der Waals surface area contributed by atoms with Crippen molar-refractivity contribution in [2.75, 3.05) is 20.1 Å². The highest BCUT2D eigenvalue weighted by molar-refractivity contribution is 14.0. The zero-order valence-electron chi connectivity index (χ0n) is 15.6. The maximum atomic E-state index is 4.35. The van der Waals surface area contributed by atoms with Crippen LogP contribution >= 0.6 is 24.0 Å². The molecule has 0 spiro atoms. The highest BCUT2D eigenvalue weighted by atomic mass is 127. The fraction of sp³-hybridized carbons (Fsp3) is 0.778. The smallest absolute Gasteiger partial charge is 0.190 e. The predicted molar refractivity (Wildman–Crippen MR) is 112 cm³/mol. The molecule has 1 fully saturated rings. The monoisotopic (exact) mass is 447 g/mol. The first kappa shape index (κ1) is 21.3. The summed E-state index contributed by atoms with van der Waals surface area (Å²) >= 11 is 0. The standard InChI is InChI=1S/C18H33N5.HI/c1-15(2)11-18(7-5-8-18)14-21-17(19-4)20-9-6-10-23-13-16(3)12-22-23;/h12-13,15H,5-11,14H2,1-4H3,(H2,19,20,21);1H. The van der Waals surface area contributed by atoms with Gasteiger partial charge in [0.15, 0.2) is 5.96 Å². The van der Waals surface area contributed by atoms with E-state index >= 15 is 0 Å². The van der Waals surface area contributed by atoms with E-state index in [-0.39, 0.29) is 24.0 Å². The highest BCUT2D eigenvalue weighted by Gasteiger charge is 2.37. The molecule has 1 aromatic rings. The molecule has 0 radical (unpaired) electrons. The van der Waals surface area contributed by atoms with Gasteiger partial charge in [0.1, 0.15) is 0 Å². The van der Waals surface area contributed by atoms with Crippen LogP contribution in [0.2, 0.25) is 0 Å². The zero-order valence-corrected chi connectivity index (χ0v) is 18.0. The highest BCUT2D eigenvalue weighted by Crippen LogP contribution is 2.45. The van der Waals surface area contributed by atoms with E-state index in [1.807, 2.05) is 17.9 Å². The number of nitrogens with zero attached hydrogens (tertiary/aromatic N) is 3. The molecule has 1 aromatic heterocycles. The van der Waals surface area contributed by atoms with Crippen molar-refractivity contribution in [2.45, 2.75) is 59.4 Å². The third kappa shape index (κ3) is 6.61. The van der Waals surface area contributed by atoms with Gasteiger partial charge in [0.05, 0.1) is 6.20 Å². The molecule has 0 amide bonds. The Morgan fingerprint density at radius 1 is 1.38 bits per heavy atom. The number of aromatic nitrogens is 2. The molecule has 2 N–H and O–H groups in total. The molecule has 0 saturated heterocycles. The quantitative estimate of drug-likeness (QED) is 0.277. The van der Waals surface area contributed by atoms with Gasteiger partial charge in [0.25, 0.3) is 0 Å². The Balaban J connectivity index is 0.00000288. The fourth-order valence-corrected chi connectivity index (χ4v) is 3.52. The van der Waals surface area contributed by atoms with Crippen LogP contribution in [0.4, 0.5) is 0 Å². The summed E-state index contributed by atoms with van der Waals surface area (Å²) in [5, 5.41) is 11.3. The molecule has 0 aliphatic heterocycles. The lowest BCUT2D eigenvalue weighted by molar-refractivity contribution is 0.104. The molecular formula is C18H34IN5. The van der Waals surface area contributed by atoms with E-state index in [4.69, 9.17) is 0 Å². The van der Waals surface area contributed by atoms with E-state index in [0.29, 0.717) is 5.41 Å². The third-order valence-corrected chi connectivity index (χ3v) is 4.73. The lowest BCUT2D eigenvalue weighted by Gasteiger charge is -2.43. The summed E-state index contributed by atoms with van der Waals surface area (Å²) in [5.74, 6) is 1.70. The van der Waals surface area contributed by atoms with Crippen LogP contribution in [0.15, 0.2) is 17.4 Å². The molecule has 0 atom stereocenters. The van der Waals surface area contributed by atoms with Gasteiger partial charge in [0.2, 0.25) is 0 Å². The third-order valence-electron chi connectivity index (χ3n) is 4.73. The van der Waals surface area contributed by atoms with Crippen LogP contribution in [-0.4, -0.2) is 35.9 Å². The first-order valence-electron chi connectivity index (χ1n) is 8.97. The number of rotatable bonds is 8. The summed E-state index contributed by atoms with van der Waals surface area (Å²) < 4.78 is 2.00. The lowest BCUT2D eigenvalue weighted by atomic mass is 9.64. The van der Waals surface area contributed by atoms with Crippen LogP contribution in [0, 0.1) is 18.3 Å². The minimum atomic E-state index is 0. The van der Waals surface area contributed by atoms with Gasteiger partial charge in [-0.3, -0.25) is 9.67 Å². The summed E-state index contributed by atoms with van der Waals surface area (Å²) in [7, 11) is 1.85. The Kier molecular flexibility index (Phi) is 9.08. The van der Waals surface area contributed by atoms with Crippen LogP contribution in [0.25, 0.3) is 0 Å². The molecule has 24 heavy (non-hydrogen) atoms. The number of halogens is 1. The van der Waals surface area contributed by atoms with Gasteiger partial charge in [-0.1, -0.05) is 20.3 Å². The Labute approximate surface area is 164 Å². The minimum Gasteiger partial charge on any atom is -0.356 e. The minimum absolute atomic E-state index is 0. The molecule has 1 saturated carbocycles. The van der Waals surface area contributed by atoms with Crippen molar-refractivity contribution in [1.82, 2.24) is 20.4 Å². The van der Waals surface area contributed by atoms with Crippen LogP contribution in [0.5, 0.6) is 0 Å². The molecule has 0 unspecified atom stereocenters. The van der Waals surface area contributed by atoms with Crippen LogP contribution in [-0.2, 0) is 6.54 Å². The number of hydrogen-bond acceptors (Lipinski definition) is 2. The lowest BCUT2D eigenvalue weighted by Crippen LogP contribution is -2.47. The summed E-state index contributed by atoms with van der Waals surface area (Å²) in [6.45, 7) is 9.61. The fourth-order valence-electron chi connectivity index (χ4n) is 3.52. The van der Waals surface area contributed by atoms with Crippen molar-refractivity contribution < 1.29 is 0 Å². The van der Waals surface area contributed by atoms with Gasteiger partial charge in [0, 0.05) is 32.9 Å². The van der Waals surface area contributed by atoms with Crippen molar-refractivity contribution in [3.05, 3.63) is 18.0 Å². The number of hydrogen-bond donors (Lipinski definition) is 2. The van der Waals surface area contributed by atoms with Gasteiger partial charge in [-0.15, -0.1) is 24.0 Å². The summed E-state index contributed by atoms with van der Waals surface area (Å²) in [4.78, 5) is 4.35. The SMILES string of the molecule is CN=C(NCCCn1cc(C)cn1)NCC1(CC(C)C)CCC1.I.